The standard InChI is InChI=1S/C22H14Cl2N2O2.ClH/c1-13-21(14-5-3-2-4-6-14)18-12-16(26(27)28)8-10-20(18)25-22(13)17-9-7-15(23)11-19(17)24;/h2-12H,1H3;1H. The zero-order chi connectivity index (χ0) is 19.8. The maximum atomic E-state index is 11.3. The highest BCUT2D eigenvalue weighted by molar-refractivity contribution is 6.36. The Hall–Kier alpha value is -2.66. The van der Waals surface area contributed by atoms with Crippen molar-refractivity contribution in [2.45, 2.75) is 6.92 Å². The van der Waals surface area contributed by atoms with Gasteiger partial charge in [0.15, 0.2) is 0 Å². The molecule has 0 aliphatic heterocycles. The first-order valence-electron chi connectivity index (χ1n) is 8.55. The highest BCUT2D eigenvalue weighted by Crippen LogP contribution is 2.40. The first-order chi connectivity index (χ1) is 13.5. The first-order valence-corrected chi connectivity index (χ1v) is 9.31. The third-order valence-electron chi connectivity index (χ3n) is 4.67. The third-order valence-corrected chi connectivity index (χ3v) is 5.22. The molecule has 0 radical (unpaired) electrons. The lowest BCUT2D eigenvalue weighted by Gasteiger charge is -2.16. The number of hydrogen-bond donors (Lipinski definition) is 0. The van der Waals surface area contributed by atoms with Gasteiger partial charge in [-0.25, -0.2) is 4.98 Å². The smallest absolute Gasteiger partial charge is 0.258 e. The minimum Gasteiger partial charge on any atom is -0.258 e. The van der Waals surface area contributed by atoms with E-state index in [-0.39, 0.29) is 18.1 Å². The molecule has 0 spiro atoms. The molecule has 7 heteroatoms. The van der Waals surface area contributed by atoms with Crippen LogP contribution < -0.4 is 0 Å². The van der Waals surface area contributed by atoms with Gasteiger partial charge in [-0.05, 0) is 47.9 Å². The number of pyridine rings is 1. The van der Waals surface area contributed by atoms with E-state index in [1.165, 1.54) is 6.07 Å². The zero-order valence-electron chi connectivity index (χ0n) is 15.2. The normalized spacial score (nSPS) is 10.6. The van der Waals surface area contributed by atoms with Crippen molar-refractivity contribution in [1.29, 1.82) is 0 Å². The van der Waals surface area contributed by atoms with Crippen LogP contribution in [0.3, 0.4) is 0 Å². The van der Waals surface area contributed by atoms with E-state index >= 15 is 0 Å². The van der Waals surface area contributed by atoms with Crippen LogP contribution in [0, 0.1) is 17.0 Å². The first kappa shape index (κ1) is 21.1. The molecule has 3 aromatic carbocycles. The summed E-state index contributed by atoms with van der Waals surface area (Å²) in [5.41, 5.74) is 4.93. The van der Waals surface area contributed by atoms with Crippen molar-refractivity contribution in [2.75, 3.05) is 0 Å². The molecule has 0 amide bonds. The second-order valence-electron chi connectivity index (χ2n) is 6.41. The summed E-state index contributed by atoms with van der Waals surface area (Å²) in [6.07, 6.45) is 0. The maximum Gasteiger partial charge on any atom is 0.270 e. The van der Waals surface area contributed by atoms with Crippen molar-refractivity contribution >= 4 is 52.2 Å². The topological polar surface area (TPSA) is 56.0 Å². The monoisotopic (exact) mass is 444 g/mol. The van der Waals surface area contributed by atoms with Crippen molar-refractivity contribution in [1.82, 2.24) is 4.98 Å². The van der Waals surface area contributed by atoms with E-state index in [1.54, 1.807) is 24.3 Å². The average Bonchev–Trinajstić information content (AvgIpc) is 2.68. The number of nitro benzene ring substituents is 1. The van der Waals surface area contributed by atoms with Crippen LogP contribution in [0.1, 0.15) is 5.56 Å². The predicted octanol–water partition coefficient (Wildman–Crippen LogP) is 7.51. The molecule has 0 fully saturated rings. The summed E-state index contributed by atoms with van der Waals surface area (Å²) in [6, 6.07) is 19.8. The molecule has 4 nitrogen and oxygen atoms in total. The molecule has 0 N–H and O–H groups in total. The van der Waals surface area contributed by atoms with Gasteiger partial charge in [0.1, 0.15) is 0 Å². The second-order valence-corrected chi connectivity index (χ2v) is 7.25. The van der Waals surface area contributed by atoms with E-state index in [2.05, 4.69) is 0 Å². The number of nitro groups is 1. The Morgan fingerprint density at radius 2 is 1.69 bits per heavy atom. The SMILES string of the molecule is Cc1c(-c2ccc(Cl)cc2Cl)nc2ccc([N+](=O)[O-])cc2c1-c1ccccc1.Cl. The molecule has 146 valence electrons. The summed E-state index contributed by atoms with van der Waals surface area (Å²) in [7, 11) is 0. The van der Waals surface area contributed by atoms with Gasteiger partial charge in [-0.3, -0.25) is 10.1 Å². The van der Waals surface area contributed by atoms with Gasteiger partial charge < -0.3 is 0 Å². The molecule has 0 atom stereocenters. The molecule has 0 saturated heterocycles. The number of hydrogen-bond acceptors (Lipinski definition) is 3. The number of non-ortho nitro benzene ring substituents is 1. The quantitative estimate of drug-likeness (QED) is 0.242. The van der Waals surface area contributed by atoms with Crippen LogP contribution in [-0.4, -0.2) is 9.91 Å². The molecule has 1 heterocycles. The van der Waals surface area contributed by atoms with E-state index in [1.807, 2.05) is 43.3 Å². The van der Waals surface area contributed by atoms with Crippen LogP contribution >= 0.6 is 35.6 Å². The summed E-state index contributed by atoms with van der Waals surface area (Å²) in [5, 5.41) is 13.1. The predicted molar refractivity (Wildman–Crippen MR) is 121 cm³/mol. The van der Waals surface area contributed by atoms with Crippen molar-refractivity contribution in [3.63, 3.8) is 0 Å². The number of nitrogens with zero attached hydrogens (tertiary/aromatic N) is 2. The fraction of sp³-hybridized carbons (Fsp3) is 0.0455. The Morgan fingerprint density at radius 1 is 0.966 bits per heavy atom. The van der Waals surface area contributed by atoms with Crippen LogP contribution in [0.15, 0.2) is 66.7 Å². The van der Waals surface area contributed by atoms with Crippen LogP contribution in [0.25, 0.3) is 33.3 Å². The van der Waals surface area contributed by atoms with Gasteiger partial charge in [-0.1, -0.05) is 53.5 Å². The fourth-order valence-corrected chi connectivity index (χ4v) is 3.88. The number of halogens is 3. The number of aromatic nitrogens is 1. The minimum absolute atomic E-state index is 0. The van der Waals surface area contributed by atoms with Crippen molar-refractivity contribution in [3.05, 3.63) is 92.5 Å². The molecular formula is C22H15Cl3N2O2. The zero-order valence-corrected chi connectivity index (χ0v) is 17.6. The Labute approximate surface area is 183 Å². The summed E-state index contributed by atoms with van der Waals surface area (Å²) in [4.78, 5) is 15.7. The summed E-state index contributed by atoms with van der Waals surface area (Å²) in [5.74, 6) is 0. The molecule has 0 saturated carbocycles. The van der Waals surface area contributed by atoms with Crippen LogP contribution in [0.4, 0.5) is 5.69 Å². The van der Waals surface area contributed by atoms with E-state index in [0.29, 0.717) is 15.6 Å². The Balaban J connectivity index is 0.00000240. The highest BCUT2D eigenvalue weighted by atomic mass is 35.5. The second kappa shape index (κ2) is 8.37. The van der Waals surface area contributed by atoms with Crippen molar-refractivity contribution in [2.24, 2.45) is 0 Å². The minimum atomic E-state index is -0.395. The molecule has 0 unspecified atom stereocenters. The lowest BCUT2D eigenvalue weighted by atomic mass is 9.92. The van der Waals surface area contributed by atoms with Crippen molar-refractivity contribution < 1.29 is 4.92 Å². The summed E-state index contributed by atoms with van der Waals surface area (Å²) >= 11 is 12.5. The van der Waals surface area contributed by atoms with Crippen LogP contribution in [0.5, 0.6) is 0 Å². The molecular weight excluding hydrogens is 431 g/mol. The number of fused-ring (bicyclic) bond motifs is 1. The maximum absolute atomic E-state index is 11.3. The van der Waals surface area contributed by atoms with E-state index in [0.717, 1.165) is 33.3 Å². The molecule has 0 bridgehead atoms. The fourth-order valence-electron chi connectivity index (χ4n) is 3.38. The lowest BCUT2D eigenvalue weighted by Crippen LogP contribution is -1.97. The van der Waals surface area contributed by atoms with Gasteiger partial charge in [0.05, 0.1) is 21.2 Å². The van der Waals surface area contributed by atoms with Crippen LogP contribution in [0.2, 0.25) is 10.0 Å². The van der Waals surface area contributed by atoms with Gasteiger partial charge >= 0.3 is 0 Å². The largest absolute Gasteiger partial charge is 0.270 e. The third kappa shape index (κ3) is 3.92. The molecule has 4 rings (SSSR count). The van der Waals surface area contributed by atoms with Gasteiger partial charge in [0.2, 0.25) is 0 Å². The van der Waals surface area contributed by atoms with E-state index in [4.69, 9.17) is 28.2 Å². The average molecular weight is 446 g/mol. The number of rotatable bonds is 3. The van der Waals surface area contributed by atoms with E-state index < -0.39 is 4.92 Å². The summed E-state index contributed by atoms with van der Waals surface area (Å²) < 4.78 is 0. The van der Waals surface area contributed by atoms with Gasteiger partial charge in [-0.2, -0.15) is 0 Å². The van der Waals surface area contributed by atoms with Gasteiger partial charge in [0, 0.05) is 28.1 Å². The van der Waals surface area contributed by atoms with Gasteiger partial charge in [0.25, 0.3) is 5.69 Å². The lowest BCUT2D eigenvalue weighted by molar-refractivity contribution is -0.384. The Bertz CT molecular complexity index is 1230. The van der Waals surface area contributed by atoms with Crippen LogP contribution in [-0.2, 0) is 0 Å². The van der Waals surface area contributed by atoms with Gasteiger partial charge in [-0.15, -0.1) is 12.4 Å². The van der Waals surface area contributed by atoms with Crippen molar-refractivity contribution in [3.8, 4) is 22.4 Å². The highest BCUT2D eigenvalue weighted by Gasteiger charge is 2.19. The molecule has 0 aliphatic carbocycles. The summed E-state index contributed by atoms with van der Waals surface area (Å²) in [6.45, 7) is 1.95. The molecule has 29 heavy (non-hydrogen) atoms. The number of benzene rings is 3. The Morgan fingerprint density at radius 3 is 2.34 bits per heavy atom. The molecule has 1 aromatic heterocycles. The molecule has 0 aliphatic rings. The molecule has 4 aromatic rings. The van der Waals surface area contributed by atoms with E-state index in [9.17, 15) is 10.1 Å². The Kier molecular flexibility index (Phi) is 6.08.